The lowest BCUT2D eigenvalue weighted by Crippen LogP contribution is -2.39. The van der Waals surface area contributed by atoms with Gasteiger partial charge in [-0.1, -0.05) is 24.3 Å². The molecule has 1 aliphatic rings. The van der Waals surface area contributed by atoms with Crippen molar-refractivity contribution in [1.82, 2.24) is 4.90 Å². The van der Waals surface area contributed by atoms with Crippen LogP contribution in [0.15, 0.2) is 24.3 Å². The number of carbonyl (C=O) groups excluding carboxylic acids is 2. The molecule has 1 atom stereocenters. The molecule has 0 N–H and O–H groups in total. The molecule has 0 saturated heterocycles. The molecule has 3 heteroatoms. The Balaban J connectivity index is 2.38. The lowest BCUT2D eigenvalue weighted by molar-refractivity contribution is -0.132. The summed E-state index contributed by atoms with van der Waals surface area (Å²) in [5.41, 5.74) is 2.39. The summed E-state index contributed by atoms with van der Waals surface area (Å²) in [6.45, 7) is 3.86. The molecule has 2 rings (SSSR count). The maximum atomic E-state index is 11.6. The minimum atomic E-state index is -0.0741. The van der Waals surface area contributed by atoms with Crippen molar-refractivity contribution in [2.24, 2.45) is 0 Å². The summed E-state index contributed by atoms with van der Waals surface area (Å²) >= 11 is 0. The Hall–Kier alpha value is -1.64. The highest BCUT2D eigenvalue weighted by atomic mass is 16.2. The fourth-order valence-corrected chi connectivity index (χ4v) is 2.52. The van der Waals surface area contributed by atoms with Crippen LogP contribution in [-0.4, -0.2) is 23.1 Å². The third kappa shape index (κ3) is 2.38. The molecule has 17 heavy (non-hydrogen) atoms. The Morgan fingerprint density at radius 2 is 2.00 bits per heavy atom. The number of Topliss-reactive ketones (excluding diaryl/α,β-unsaturated/α-hetero) is 1. The van der Waals surface area contributed by atoms with Gasteiger partial charge in [-0.2, -0.15) is 0 Å². The summed E-state index contributed by atoms with van der Waals surface area (Å²) in [7, 11) is 0. The van der Waals surface area contributed by atoms with Gasteiger partial charge in [-0.15, -0.1) is 0 Å². The third-order valence-corrected chi connectivity index (χ3v) is 3.30. The van der Waals surface area contributed by atoms with E-state index in [0.29, 0.717) is 13.0 Å². The van der Waals surface area contributed by atoms with Crippen LogP contribution < -0.4 is 0 Å². The number of nitrogens with zero attached hydrogens (tertiary/aromatic N) is 1. The summed E-state index contributed by atoms with van der Waals surface area (Å²) in [6.07, 6.45) is 1.29. The molecule has 0 radical (unpaired) electrons. The van der Waals surface area contributed by atoms with Gasteiger partial charge in [-0.25, -0.2) is 0 Å². The number of hydrogen-bond acceptors (Lipinski definition) is 2. The van der Waals surface area contributed by atoms with Crippen molar-refractivity contribution in [3.63, 3.8) is 0 Å². The minimum Gasteiger partial charge on any atom is -0.335 e. The van der Waals surface area contributed by atoms with E-state index in [2.05, 4.69) is 6.07 Å². The first kappa shape index (κ1) is 11.8. The molecule has 1 heterocycles. The van der Waals surface area contributed by atoms with Crippen LogP contribution in [0, 0.1) is 0 Å². The molecule has 1 aromatic carbocycles. The molecule has 1 aliphatic heterocycles. The fourth-order valence-electron chi connectivity index (χ4n) is 2.52. The van der Waals surface area contributed by atoms with Crippen LogP contribution in [0.3, 0.4) is 0 Å². The van der Waals surface area contributed by atoms with E-state index in [1.54, 1.807) is 13.8 Å². The molecule has 0 saturated carbocycles. The first-order valence-corrected chi connectivity index (χ1v) is 5.94. The highest BCUT2D eigenvalue weighted by molar-refractivity contribution is 5.79. The second kappa shape index (κ2) is 4.70. The molecule has 0 aromatic heterocycles. The molecule has 0 spiro atoms. The Bertz CT molecular complexity index is 453. The van der Waals surface area contributed by atoms with Gasteiger partial charge in [0.1, 0.15) is 5.78 Å². The van der Waals surface area contributed by atoms with Crippen LogP contribution in [0.2, 0.25) is 0 Å². The molecule has 90 valence electrons. The van der Waals surface area contributed by atoms with Crippen molar-refractivity contribution in [3.8, 4) is 0 Å². The molecule has 0 fully saturated rings. The lowest BCUT2D eigenvalue weighted by atomic mass is 9.90. The maximum absolute atomic E-state index is 11.6. The predicted octanol–water partition coefficient (Wildman–Crippen LogP) is 2.11. The van der Waals surface area contributed by atoms with Gasteiger partial charge in [-0.05, 0) is 24.5 Å². The zero-order valence-electron chi connectivity index (χ0n) is 10.3. The van der Waals surface area contributed by atoms with E-state index in [1.165, 1.54) is 5.56 Å². The number of benzene rings is 1. The van der Waals surface area contributed by atoms with Crippen LogP contribution in [0.1, 0.15) is 37.4 Å². The zero-order chi connectivity index (χ0) is 12.4. The van der Waals surface area contributed by atoms with Crippen molar-refractivity contribution in [3.05, 3.63) is 35.4 Å². The number of fused-ring (bicyclic) bond motifs is 1. The second-order valence-corrected chi connectivity index (χ2v) is 4.58. The number of rotatable bonds is 2. The van der Waals surface area contributed by atoms with E-state index >= 15 is 0 Å². The van der Waals surface area contributed by atoms with Gasteiger partial charge in [0, 0.05) is 19.9 Å². The largest absolute Gasteiger partial charge is 0.335 e. The van der Waals surface area contributed by atoms with Gasteiger partial charge in [0.2, 0.25) is 5.91 Å². The summed E-state index contributed by atoms with van der Waals surface area (Å²) < 4.78 is 0. The topological polar surface area (TPSA) is 37.4 Å². The Morgan fingerprint density at radius 3 is 2.65 bits per heavy atom. The average molecular weight is 231 g/mol. The van der Waals surface area contributed by atoms with Crippen LogP contribution in [0.4, 0.5) is 0 Å². The maximum Gasteiger partial charge on any atom is 0.219 e. The van der Waals surface area contributed by atoms with Crippen molar-refractivity contribution in [2.45, 2.75) is 32.7 Å². The Kier molecular flexibility index (Phi) is 3.27. The average Bonchev–Trinajstić information content (AvgIpc) is 2.28. The first-order chi connectivity index (χ1) is 8.09. The second-order valence-electron chi connectivity index (χ2n) is 4.58. The molecule has 1 unspecified atom stereocenters. The Labute approximate surface area is 101 Å². The number of ketones is 1. The highest BCUT2D eigenvalue weighted by Crippen LogP contribution is 2.32. The third-order valence-electron chi connectivity index (χ3n) is 3.30. The van der Waals surface area contributed by atoms with Crippen molar-refractivity contribution in [1.29, 1.82) is 0 Å². The predicted molar refractivity (Wildman–Crippen MR) is 65.6 cm³/mol. The smallest absolute Gasteiger partial charge is 0.219 e. The van der Waals surface area contributed by atoms with Gasteiger partial charge in [0.15, 0.2) is 0 Å². The zero-order valence-corrected chi connectivity index (χ0v) is 10.3. The number of amides is 1. The number of hydrogen-bond donors (Lipinski definition) is 0. The summed E-state index contributed by atoms with van der Waals surface area (Å²) in [4.78, 5) is 24.8. The molecule has 0 bridgehead atoms. The quantitative estimate of drug-likeness (QED) is 0.781. The summed E-state index contributed by atoms with van der Waals surface area (Å²) in [6, 6.07) is 8.01. The van der Waals surface area contributed by atoms with Crippen LogP contribution >= 0.6 is 0 Å². The van der Waals surface area contributed by atoms with E-state index < -0.39 is 0 Å². The van der Waals surface area contributed by atoms with Gasteiger partial charge < -0.3 is 4.90 Å². The molecule has 3 nitrogen and oxygen atoms in total. The molecule has 0 aliphatic carbocycles. The molecule has 1 amide bonds. The molecular weight excluding hydrogens is 214 g/mol. The number of carbonyl (C=O) groups is 2. The van der Waals surface area contributed by atoms with E-state index in [4.69, 9.17) is 0 Å². The molecule has 1 aromatic rings. The van der Waals surface area contributed by atoms with Crippen molar-refractivity contribution in [2.75, 3.05) is 6.54 Å². The fraction of sp³-hybridized carbons (Fsp3) is 0.429. The van der Waals surface area contributed by atoms with E-state index in [0.717, 1.165) is 12.0 Å². The van der Waals surface area contributed by atoms with E-state index in [-0.39, 0.29) is 17.7 Å². The van der Waals surface area contributed by atoms with Crippen LogP contribution in [-0.2, 0) is 16.0 Å². The van der Waals surface area contributed by atoms with Crippen LogP contribution in [0.5, 0.6) is 0 Å². The van der Waals surface area contributed by atoms with Gasteiger partial charge in [-0.3, -0.25) is 9.59 Å². The first-order valence-electron chi connectivity index (χ1n) is 5.94. The van der Waals surface area contributed by atoms with E-state index in [1.807, 2.05) is 23.1 Å². The summed E-state index contributed by atoms with van der Waals surface area (Å²) in [5.74, 6) is 0.170. The van der Waals surface area contributed by atoms with Gasteiger partial charge in [0.05, 0.1) is 6.04 Å². The normalized spacial score (nSPS) is 18.7. The Morgan fingerprint density at radius 1 is 1.29 bits per heavy atom. The standard InChI is InChI=1S/C14H17NO2/c1-10(16)9-14-13-6-4-3-5-12(13)7-8-15(14)11(2)17/h3-6,14H,7-9H2,1-2H3. The van der Waals surface area contributed by atoms with Gasteiger partial charge >= 0.3 is 0 Å². The van der Waals surface area contributed by atoms with Gasteiger partial charge in [0.25, 0.3) is 0 Å². The summed E-state index contributed by atoms with van der Waals surface area (Å²) in [5, 5.41) is 0. The van der Waals surface area contributed by atoms with E-state index in [9.17, 15) is 9.59 Å². The molecular formula is C14H17NO2. The van der Waals surface area contributed by atoms with Crippen molar-refractivity contribution < 1.29 is 9.59 Å². The minimum absolute atomic E-state index is 0.0470. The van der Waals surface area contributed by atoms with Crippen LogP contribution in [0.25, 0.3) is 0 Å². The lowest BCUT2D eigenvalue weighted by Gasteiger charge is -2.36. The monoisotopic (exact) mass is 231 g/mol. The van der Waals surface area contributed by atoms with Crippen molar-refractivity contribution >= 4 is 11.7 Å². The SMILES string of the molecule is CC(=O)CC1c2ccccc2CCN1C(C)=O. The highest BCUT2D eigenvalue weighted by Gasteiger charge is 2.29.